The molecule has 1 saturated carbocycles. The zero-order chi connectivity index (χ0) is 14.8. The second-order valence-electron chi connectivity index (χ2n) is 5.06. The topological polar surface area (TPSA) is 109 Å². The van der Waals surface area contributed by atoms with Crippen molar-refractivity contribution in [2.75, 3.05) is 6.54 Å². The number of carbonyl (C=O) groups excluding carboxylic acids is 2. The van der Waals surface area contributed by atoms with Crippen LogP contribution < -0.4 is 11.1 Å². The summed E-state index contributed by atoms with van der Waals surface area (Å²) in [7, 11) is 0. The SMILES string of the molecule is NC(=O)c1ccc(C(=O)NCC2(C(=O)O)CCC2)cc1. The Balaban J connectivity index is 1.98. The van der Waals surface area contributed by atoms with Crippen molar-refractivity contribution in [2.24, 2.45) is 11.1 Å². The van der Waals surface area contributed by atoms with Gasteiger partial charge in [-0.05, 0) is 37.1 Å². The molecule has 2 rings (SSSR count). The molecule has 1 aliphatic rings. The monoisotopic (exact) mass is 276 g/mol. The minimum atomic E-state index is -0.867. The number of primary amides is 1. The number of amides is 2. The molecule has 0 unspecified atom stereocenters. The van der Waals surface area contributed by atoms with Gasteiger partial charge in [-0.25, -0.2) is 0 Å². The van der Waals surface area contributed by atoms with Crippen LogP contribution in [0.5, 0.6) is 0 Å². The van der Waals surface area contributed by atoms with Crippen molar-refractivity contribution in [1.82, 2.24) is 5.32 Å². The molecule has 0 heterocycles. The molecule has 0 atom stereocenters. The third kappa shape index (κ3) is 2.64. The van der Waals surface area contributed by atoms with Crippen molar-refractivity contribution in [3.05, 3.63) is 35.4 Å². The van der Waals surface area contributed by atoms with Crippen LogP contribution in [0, 0.1) is 5.41 Å². The number of benzene rings is 1. The molecule has 106 valence electrons. The van der Waals surface area contributed by atoms with Gasteiger partial charge in [0.05, 0.1) is 5.41 Å². The standard InChI is InChI=1S/C14H16N2O4/c15-11(17)9-2-4-10(5-3-9)12(18)16-8-14(13(19)20)6-1-7-14/h2-5H,1,6-8H2,(H2,15,17)(H,16,18)(H,19,20). The maximum Gasteiger partial charge on any atom is 0.311 e. The van der Waals surface area contributed by atoms with Crippen molar-refractivity contribution < 1.29 is 19.5 Å². The van der Waals surface area contributed by atoms with Gasteiger partial charge in [-0.1, -0.05) is 6.42 Å². The van der Waals surface area contributed by atoms with Crippen molar-refractivity contribution in [1.29, 1.82) is 0 Å². The Morgan fingerprint density at radius 2 is 1.70 bits per heavy atom. The summed E-state index contributed by atoms with van der Waals surface area (Å²) >= 11 is 0. The highest BCUT2D eigenvalue weighted by Gasteiger charge is 2.44. The number of carboxylic acid groups (broad SMARTS) is 1. The summed E-state index contributed by atoms with van der Waals surface area (Å²) in [6.45, 7) is 0.124. The van der Waals surface area contributed by atoms with Gasteiger partial charge in [-0.2, -0.15) is 0 Å². The van der Waals surface area contributed by atoms with Gasteiger partial charge < -0.3 is 16.2 Å². The first kappa shape index (κ1) is 14.0. The molecule has 0 radical (unpaired) electrons. The number of nitrogens with one attached hydrogen (secondary N) is 1. The molecule has 0 bridgehead atoms. The smallest absolute Gasteiger partial charge is 0.311 e. The lowest BCUT2D eigenvalue weighted by molar-refractivity contribution is -0.153. The molecule has 1 fully saturated rings. The quantitative estimate of drug-likeness (QED) is 0.737. The molecule has 0 aromatic heterocycles. The maximum atomic E-state index is 11.9. The number of hydrogen-bond donors (Lipinski definition) is 3. The van der Waals surface area contributed by atoms with E-state index in [0.29, 0.717) is 24.0 Å². The van der Waals surface area contributed by atoms with E-state index >= 15 is 0 Å². The van der Waals surface area contributed by atoms with E-state index in [9.17, 15) is 14.4 Å². The van der Waals surface area contributed by atoms with Gasteiger partial charge in [-0.3, -0.25) is 14.4 Å². The molecular formula is C14H16N2O4. The molecule has 6 nitrogen and oxygen atoms in total. The Morgan fingerprint density at radius 3 is 2.10 bits per heavy atom. The Morgan fingerprint density at radius 1 is 1.15 bits per heavy atom. The molecule has 0 saturated heterocycles. The van der Waals surface area contributed by atoms with Gasteiger partial charge in [0.25, 0.3) is 5.91 Å². The highest BCUT2D eigenvalue weighted by molar-refractivity contribution is 5.97. The van der Waals surface area contributed by atoms with Gasteiger partial charge in [0, 0.05) is 17.7 Å². The van der Waals surface area contributed by atoms with Crippen molar-refractivity contribution in [2.45, 2.75) is 19.3 Å². The summed E-state index contributed by atoms with van der Waals surface area (Å²) in [5.41, 5.74) is 4.99. The van der Waals surface area contributed by atoms with Crippen LogP contribution in [0.15, 0.2) is 24.3 Å². The van der Waals surface area contributed by atoms with Crippen LogP contribution in [0.2, 0.25) is 0 Å². The van der Waals surface area contributed by atoms with Crippen LogP contribution in [-0.4, -0.2) is 29.4 Å². The second-order valence-corrected chi connectivity index (χ2v) is 5.06. The van der Waals surface area contributed by atoms with E-state index in [1.165, 1.54) is 24.3 Å². The van der Waals surface area contributed by atoms with Gasteiger partial charge in [0.15, 0.2) is 0 Å². The van der Waals surface area contributed by atoms with Gasteiger partial charge in [0.2, 0.25) is 5.91 Å². The van der Waals surface area contributed by atoms with Gasteiger partial charge >= 0.3 is 5.97 Å². The fraction of sp³-hybridized carbons (Fsp3) is 0.357. The molecule has 0 aliphatic heterocycles. The number of carbonyl (C=O) groups is 3. The summed E-state index contributed by atoms with van der Waals surface area (Å²) in [4.78, 5) is 34.0. The lowest BCUT2D eigenvalue weighted by Crippen LogP contribution is -2.47. The Kier molecular flexibility index (Phi) is 3.74. The first-order valence-electron chi connectivity index (χ1n) is 6.36. The van der Waals surface area contributed by atoms with Crippen molar-refractivity contribution in [3.63, 3.8) is 0 Å². The van der Waals surface area contributed by atoms with Crippen LogP contribution in [0.1, 0.15) is 40.0 Å². The molecule has 20 heavy (non-hydrogen) atoms. The normalized spacial score (nSPS) is 16.0. The summed E-state index contributed by atoms with van der Waals surface area (Å²) in [6, 6.07) is 5.91. The minimum Gasteiger partial charge on any atom is -0.481 e. The summed E-state index contributed by atoms with van der Waals surface area (Å²) < 4.78 is 0. The second kappa shape index (κ2) is 5.32. The predicted molar refractivity (Wildman–Crippen MR) is 71.2 cm³/mol. The number of rotatable bonds is 5. The molecule has 1 aliphatic carbocycles. The first-order valence-corrected chi connectivity index (χ1v) is 6.36. The highest BCUT2D eigenvalue weighted by atomic mass is 16.4. The highest BCUT2D eigenvalue weighted by Crippen LogP contribution is 2.40. The van der Waals surface area contributed by atoms with Gasteiger partial charge in [0.1, 0.15) is 0 Å². The third-order valence-corrected chi connectivity index (χ3v) is 3.78. The van der Waals surface area contributed by atoms with Crippen molar-refractivity contribution in [3.8, 4) is 0 Å². The molecule has 1 aromatic carbocycles. The van der Waals surface area contributed by atoms with Crippen LogP contribution in [-0.2, 0) is 4.79 Å². The average Bonchev–Trinajstić information content (AvgIpc) is 2.36. The summed E-state index contributed by atoms with van der Waals surface area (Å²) in [5, 5.41) is 11.8. The summed E-state index contributed by atoms with van der Waals surface area (Å²) in [6.07, 6.45) is 2.04. The Labute approximate surface area is 116 Å². The zero-order valence-electron chi connectivity index (χ0n) is 10.9. The molecule has 6 heteroatoms. The van der Waals surface area contributed by atoms with Crippen LogP contribution in [0.3, 0.4) is 0 Å². The van der Waals surface area contributed by atoms with E-state index in [-0.39, 0.29) is 12.5 Å². The molecule has 4 N–H and O–H groups in total. The molecule has 1 aromatic rings. The van der Waals surface area contributed by atoms with E-state index in [4.69, 9.17) is 10.8 Å². The van der Waals surface area contributed by atoms with Crippen LogP contribution in [0.25, 0.3) is 0 Å². The van der Waals surface area contributed by atoms with Crippen LogP contribution >= 0.6 is 0 Å². The lowest BCUT2D eigenvalue weighted by Gasteiger charge is -2.37. The van der Waals surface area contributed by atoms with E-state index in [0.717, 1.165) is 6.42 Å². The first-order chi connectivity index (χ1) is 9.44. The minimum absolute atomic E-state index is 0.124. The summed E-state index contributed by atoms with van der Waals surface area (Å²) in [5.74, 6) is -1.78. The van der Waals surface area contributed by atoms with E-state index in [1.54, 1.807) is 0 Å². The number of nitrogens with two attached hydrogens (primary N) is 1. The fourth-order valence-electron chi connectivity index (χ4n) is 2.21. The van der Waals surface area contributed by atoms with Crippen molar-refractivity contribution >= 4 is 17.8 Å². The molecule has 2 amide bonds. The Hall–Kier alpha value is -2.37. The predicted octanol–water partition coefficient (Wildman–Crippen LogP) is 0.770. The average molecular weight is 276 g/mol. The van der Waals surface area contributed by atoms with E-state index in [2.05, 4.69) is 5.32 Å². The maximum absolute atomic E-state index is 11.9. The van der Waals surface area contributed by atoms with Gasteiger partial charge in [-0.15, -0.1) is 0 Å². The lowest BCUT2D eigenvalue weighted by atomic mass is 9.69. The number of aliphatic carboxylic acids is 1. The Bertz CT molecular complexity index is 547. The number of carboxylic acids is 1. The zero-order valence-corrected chi connectivity index (χ0v) is 10.9. The largest absolute Gasteiger partial charge is 0.481 e. The number of hydrogen-bond acceptors (Lipinski definition) is 3. The fourth-order valence-corrected chi connectivity index (χ4v) is 2.21. The molecule has 0 spiro atoms. The molecular weight excluding hydrogens is 260 g/mol. The van der Waals surface area contributed by atoms with E-state index in [1.807, 2.05) is 0 Å². The van der Waals surface area contributed by atoms with Crippen LogP contribution in [0.4, 0.5) is 0 Å². The third-order valence-electron chi connectivity index (χ3n) is 3.78. The van der Waals surface area contributed by atoms with E-state index < -0.39 is 17.3 Å².